The molecule has 0 spiro atoms. The summed E-state index contributed by atoms with van der Waals surface area (Å²) >= 11 is 1.46. The van der Waals surface area contributed by atoms with Gasteiger partial charge in [0.05, 0.1) is 22.9 Å². The maximum atomic E-state index is 12.7. The van der Waals surface area contributed by atoms with Crippen LogP contribution in [0.4, 0.5) is 0 Å². The lowest BCUT2D eigenvalue weighted by atomic mass is 10.1. The van der Waals surface area contributed by atoms with Gasteiger partial charge in [0.15, 0.2) is 15.0 Å². The van der Waals surface area contributed by atoms with Crippen molar-refractivity contribution in [3.8, 4) is 5.69 Å². The van der Waals surface area contributed by atoms with E-state index >= 15 is 0 Å². The highest BCUT2D eigenvalue weighted by Gasteiger charge is 2.34. The van der Waals surface area contributed by atoms with Crippen LogP contribution in [0.15, 0.2) is 35.7 Å². The van der Waals surface area contributed by atoms with E-state index in [9.17, 15) is 13.2 Å². The SMILES string of the molecule is Cc1ccc(C)c(-n2ccnc2SCC(=O)N2CCN(C3CCS(=O)(=O)C3)CC2)c1. The molecule has 1 amide bonds. The molecule has 1 atom stereocenters. The first kappa shape index (κ1) is 21.4. The second-order valence-electron chi connectivity index (χ2n) is 8.13. The lowest BCUT2D eigenvalue weighted by molar-refractivity contribution is -0.130. The number of rotatable bonds is 5. The maximum Gasteiger partial charge on any atom is 0.233 e. The zero-order chi connectivity index (χ0) is 21.3. The second kappa shape index (κ2) is 8.72. The van der Waals surface area contributed by atoms with Gasteiger partial charge < -0.3 is 4.90 Å². The van der Waals surface area contributed by atoms with Gasteiger partial charge in [-0.2, -0.15) is 0 Å². The number of amides is 1. The summed E-state index contributed by atoms with van der Waals surface area (Å²) in [6, 6.07) is 6.43. The monoisotopic (exact) mass is 448 g/mol. The third-order valence-corrected chi connectivity index (χ3v) is 8.65. The van der Waals surface area contributed by atoms with Gasteiger partial charge in [-0.15, -0.1) is 0 Å². The van der Waals surface area contributed by atoms with Crippen molar-refractivity contribution in [3.05, 3.63) is 41.7 Å². The van der Waals surface area contributed by atoms with Crippen molar-refractivity contribution in [1.82, 2.24) is 19.4 Å². The van der Waals surface area contributed by atoms with Crippen LogP contribution < -0.4 is 0 Å². The Balaban J connectivity index is 1.32. The lowest BCUT2D eigenvalue weighted by Crippen LogP contribution is -2.52. The molecule has 0 N–H and O–H groups in total. The molecule has 2 aliphatic rings. The molecular formula is C21H28N4O3S2. The second-order valence-corrected chi connectivity index (χ2v) is 11.3. The zero-order valence-corrected chi connectivity index (χ0v) is 19.1. The van der Waals surface area contributed by atoms with Crippen LogP contribution in [0.2, 0.25) is 0 Å². The van der Waals surface area contributed by atoms with Crippen molar-refractivity contribution in [3.63, 3.8) is 0 Å². The third-order valence-electron chi connectivity index (χ3n) is 5.95. The van der Waals surface area contributed by atoms with Crippen LogP contribution in [0.25, 0.3) is 5.69 Å². The summed E-state index contributed by atoms with van der Waals surface area (Å²) in [5.41, 5.74) is 3.43. The lowest BCUT2D eigenvalue weighted by Gasteiger charge is -2.37. The molecule has 162 valence electrons. The number of aryl methyl sites for hydroxylation is 2. The highest BCUT2D eigenvalue weighted by atomic mass is 32.2. The van der Waals surface area contributed by atoms with E-state index in [0.717, 1.165) is 29.5 Å². The van der Waals surface area contributed by atoms with Crippen molar-refractivity contribution < 1.29 is 13.2 Å². The number of nitrogens with zero attached hydrogens (tertiary/aromatic N) is 4. The molecule has 0 radical (unpaired) electrons. The number of piperazine rings is 1. The molecule has 2 saturated heterocycles. The fourth-order valence-electron chi connectivity index (χ4n) is 4.18. The standard InChI is InChI=1S/C21H28N4O3S2/c1-16-3-4-17(2)19(13-16)25-7-6-22-21(25)29-14-20(26)24-10-8-23(9-11-24)18-5-12-30(27,28)15-18/h3-4,6-7,13,18H,5,8-12,14-15H2,1-2H3. The van der Waals surface area contributed by atoms with Crippen LogP contribution in [0, 0.1) is 13.8 Å². The predicted octanol–water partition coefficient (Wildman–Crippen LogP) is 1.91. The van der Waals surface area contributed by atoms with Gasteiger partial charge in [-0.1, -0.05) is 23.9 Å². The summed E-state index contributed by atoms with van der Waals surface area (Å²) in [5.74, 6) is 1.01. The van der Waals surface area contributed by atoms with Crippen LogP contribution in [0.3, 0.4) is 0 Å². The highest BCUT2D eigenvalue weighted by Crippen LogP contribution is 2.24. The minimum Gasteiger partial charge on any atom is -0.339 e. The molecule has 7 nitrogen and oxygen atoms in total. The molecule has 9 heteroatoms. The number of hydrogen-bond donors (Lipinski definition) is 0. The molecule has 2 aromatic rings. The van der Waals surface area contributed by atoms with E-state index in [-0.39, 0.29) is 17.7 Å². The van der Waals surface area contributed by atoms with Gasteiger partial charge >= 0.3 is 0 Å². The molecule has 30 heavy (non-hydrogen) atoms. The van der Waals surface area contributed by atoms with E-state index in [4.69, 9.17) is 0 Å². The Morgan fingerprint density at radius 2 is 1.97 bits per heavy atom. The molecule has 0 saturated carbocycles. The molecule has 0 aliphatic carbocycles. The summed E-state index contributed by atoms with van der Waals surface area (Å²) in [6.45, 7) is 6.93. The average molecular weight is 449 g/mol. The molecule has 1 unspecified atom stereocenters. The zero-order valence-electron chi connectivity index (χ0n) is 17.5. The first-order valence-electron chi connectivity index (χ1n) is 10.3. The van der Waals surface area contributed by atoms with Crippen molar-refractivity contribution in [2.24, 2.45) is 0 Å². The van der Waals surface area contributed by atoms with Gasteiger partial charge in [0.2, 0.25) is 5.91 Å². The Hall–Kier alpha value is -1.84. The normalized spacial score (nSPS) is 21.8. The quantitative estimate of drug-likeness (QED) is 0.651. The van der Waals surface area contributed by atoms with Crippen molar-refractivity contribution in [1.29, 1.82) is 0 Å². The minimum absolute atomic E-state index is 0.106. The van der Waals surface area contributed by atoms with Crippen molar-refractivity contribution in [2.45, 2.75) is 31.5 Å². The number of thioether (sulfide) groups is 1. The Morgan fingerprint density at radius 1 is 1.20 bits per heavy atom. The predicted molar refractivity (Wildman–Crippen MR) is 119 cm³/mol. The van der Waals surface area contributed by atoms with Crippen molar-refractivity contribution >= 4 is 27.5 Å². The molecule has 0 bridgehead atoms. The smallest absolute Gasteiger partial charge is 0.233 e. The van der Waals surface area contributed by atoms with E-state index < -0.39 is 9.84 Å². The summed E-state index contributed by atoms with van der Waals surface area (Å²) in [4.78, 5) is 21.3. The van der Waals surface area contributed by atoms with Gasteiger partial charge in [0.25, 0.3) is 0 Å². The van der Waals surface area contributed by atoms with E-state index in [0.29, 0.717) is 31.0 Å². The van der Waals surface area contributed by atoms with Crippen LogP contribution in [0.5, 0.6) is 0 Å². The molecule has 2 aliphatic heterocycles. The fourth-order valence-corrected chi connectivity index (χ4v) is 6.81. The van der Waals surface area contributed by atoms with Gasteiger partial charge in [-0.05, 0) is 37.5 Å². The van der Waals surface area contributed by atoms with Gasteiger partial charge in [-0.3, -0.25) is 14.3 Å². The Kier molecular flexibility index (Phi) is 6.22. The van der Waals surface area contributed by atoms with Crippen LogP contribution in [-0.4, -0.2) is 83.2 Å². The van der Waals surface area contributed by atoms with E-state index in [2.05, 4.69) is 41.9 Å². The van der Waals surface area contributed by atoms with Crippen LogP contribution >= 0.6 is 11.8 Å². The number of carbonyl (C=O) groups is 1. The molecule has 1 aromatic heterocycles. The fraction of sp³-hybridized carbons (Fsp3) is 0.524. The first-order valence-corrected chi connectivity index (χ1v) is 13.1. The van der Waals surface area contributed by atoms with Gasteiger partial charge in [-0.25, -0.2) is 13.4 Å². The van der Waals surface area contributed by atoms with E-state index in [1.807, 2.05) is 15.7 Å². The summed E-state index contributed by atoms with van der Waals surface area (Å²) in [5, 5.41) is 0.812. The van der Waals surface area contributed by atoms with Crippen LogP contribution in [-0.2, 0) is 14.6 Å². The maximum absolute atomic E-state index is 12.7. The summed E-state index contributed by atoms with van der Waals surface area (Å²) in [6.07, 6.45) is 4.42. The summed E-state index contributed by atoms with van der Waals surface area (Å²) in [7, 11) is -2.88. The van der Waals surface area contributed by atoms with Crippen molar-refractivity contribution in [2.75, 3.05) is 43.4 Å². The molecule has 2 fully saturated rings. The number of benzene rings is 1. The number of hydrogen-bond acceptors (Lipinski definition) is 6. The Morgan fingerprint density at radius 3 is 2.67 bits per heavy atom. The van der Waals surface area contributed by atoms with Gasteiger partial charge in [0, 0.05) is 44.6 Å². The Bertz CT molecular complexity index is 1030. The molecule has 3 heterocycles. The van der Waals surface area contributed by atoms with Crippen LogP contribution in [0.1, 0.15) is 17.5 Å². The number of carbonyl (C=O) groups excluding carboxylic acids is 1. The highest BCUT2D eigenvalue weighted by molar-refractivity contribution is 7.99. The Labute approximate surface area is 182 Å². The summed E-state index contributed by atoms with van der Waals surface area (Å²) < 4.78 is 25.5. The largest absolute Gasteiger partial charge is 0.339 e. The van der Waals surface area contributed by atoms with E-state index in [1.165, 1.54) is 17.3 Å². The average Bonchev–Trinajstić information content (AvgIpc) is 3.34. The molecular weight excluding hydrogens is 420 g/mol. The topological polar surface area (TPSA) is 75.5 Å². The molecule has 4 rings (SSSR count). The first-order chi connectivity index (χ1) is 14.3. The number of aromatic nitrogens is 2. The third kappa shape index (κ3) is 4.73. The number of imidazole rings is 1. The minimum atomic E-state index is -2.88. The number of sulfone groups is 1. The van der Waals surface area contributed by atoms with E-state index in [1.54, 1.807) is 6.20 Å². The molecule has 1 aromatic carbocycles. The van der Waals surface area contributed by atoms with Gasteiger partial charge in [0.1, 0.15) is 0 Å².